The number of hydrogen-bond acceptors (Lipinski definition) is 3. The van der Waals surface area contributed by atoms with Gasteiger partial charge >= 0.3 is 0 Å². The first-order chi connectivity index (χ1) is 7.20. The SMILES string of the molecule is NCc1cnnn1-c1cc(F)cc(F)c1. The van der Waals surface area contributed by atoms with E-state index in [4.69, 9.17) is 5.73 Å². The Balaban J connectivity index is 2.53. The zero-order valence-corrected chi connectivity index (χ0v) is 7.69. The van der Waals surface area contributed by atoms with Crippen LogP contribution in [0, 0.1) is 11.6 Å². The number of nitrogens with zero attached hydrogens (tertiary/aromatic N) is 3. The van der Waals surface area contributed by atoms with Crippen molar-refractivity contribution in [1.82, 2.24) is 15.0 Å². The lowest BCUT2D eigenvalue weighted by Gasteiger charge is -2.04. The van der Waals surface area contributed by atoms with Crippen LogP contribution in [0.3, 0.4) is 0 Å². The molecular weight excluding hydrogens is 202 g/mol. The summed E-state index contributed by atoms with van der Waals surface area (Å²) in [5.74, 6) is -1.33. The van der Waals surface area contributed by atoms with Gasteiger partial charge in [0, 0.05) is 12.6 Å². The highest BCUT2D eigenvalue weighted by Gasteiger charge is 2.07. The lowest BCUT2D eigenvalue weighted by molar-refractivity contribution is 0.578. The van der Waals surface area contributed by atoms with Crippen molar-refractivity contribution >= 4 is 0 Å². The van der Waals surface area contributed by atoms with Gasteiger partial charge in [-0.3, -0.25) is 0 Å². The molecule has 0 aliphatic carbocycles. The molecule has 0 saturated heterocycles. The van der Waals surface area contributed by atoms with E-state index in [2.05, 4.69) is 10.3 Å². The fourth-order valence-electron chi connectivity index (χ4n) is 1.27. The Bertz CT molecular complexity index is 460. The molecular formula is C9H8F2N4. The van der Waals surface area contributed by atoms with E-state index in [0.717, 1.165) is 18.2 Å². The normalized spacial score (nSPS) is 10.6. The molecule has 0 unspecified atom stereocenters. The van der Waals surface area contributed by atoms with E-state index in [0.29, 0.717) is 5.69 Å². The highest BCUT2D eigenvalue weighted by Crippen LogP contribution is 2.13. The first-order valence-electron chi connectivity index (χ1n) is 4.27. The highest BCUT2D eigenvalue weighted by molar-refractivity contribution is 5.33. The molecule has 0 fully saturated rings. The van der Waals surface area contributed by atoms with Crippen molar-refractivity contribution in [3.05, 3.63) is 41.7 Å². The molecule has 0 aliphatic heterocycles. The number of rotatable bonds is 2. The van der Waals surface area contributed by atoms with Crippen LogP contribution < -0.4 is 5.73 Å². The molecule has 0 bridgehead atoms. The fraction of sp³-hybridized carbons (Fsp3) is 0.111. The Morgan fingerprint density at radius 2 is 1.87 bits per heavy atom. The third-order valence-electron chi connectivity index (χ3n) is 1.92. The van der Waals surface area contributed by atoms with E-state index in [-0.39, 0.29) is 12.2 Å². The summed E-state index contributed by atoms with van der Waals surface area (Å²) in [7, 11) is 0. The van der Waals surface area contributed by atoms with Crippen molar-refractivity contribution < 1.29 is 8.78 Å². The van der Waals surface area contributed by atoms with Crippen molar-refractivity contribution in [2.45, 2.75) is 6.54 Å². The van der Waals surface area contributed by atoms with E-state index < -0.39 is 11.6 Å². The van der Waals surface area contributed by atoms with Gasteiger partial charge in [-0.05, 0) is 12.1 Å². The van der Waals surface area contributed by atoms with Crippen LogP contribution in [0.2, 0.25) is 0 Å². The molecule has 2 rings (SSSR count). The number of benzene rings is 1. The summed E-state index contributed by atoms with van der Waals surface area (Å²) in [6, 6.07) is 3.12. The fourth-order valence-corrected chi connectivity index (χ4v) is 1.27. The Labute approximate surface area is 84.3 Å². The van der Waals surface area contributed by atoms with E-state index in [1.54, 1.807) is 0 Å². The van der Waals surface area contributed by atoms with Gasteiger partial charge in [-0.2, -0.15) is 0 Å². The summed E-state index contributed by atoms with van der Waals surface area (Å²) in [5, 5.41) is 7.31. The zero-order chi connectivity index (χ0) is 10.8. The van der Waals surface area contributed by atoms with Gasteiger partial charge in [0.2, 0.25) is 0 Å². The quantitative estimate of drug-likeness (QED) is 0.804. The second kappa shape index (κ2) is 3.74. The predicted molar refractivity (Wildman–Crippen MR) is 49.2 cm³/mol. The molecule has 0 aliphatic rings. The van der Waals surface area contributed by atoms with Gasteiger partial charge in [0.25, 0.3) is 0 Å². The molecule has 6 heteroatoms. The molecule has 78 valence electrons. The first-order valence-corrected chi connectivity index (χ1v) is 4.27. The largest absolute Gasteiger partial charge is 0.325 e. The Kier molecular flexibility index (Phi) is 2.42. The summed E-state index contributed by atoms with van der Waals surface area (Å²) in [6.45, 7) is 0.200. The second-order valence-corrected chi connectivity index (χ2v) is 2.97. The summed E-state index contributed by atoms with van der Waals surface area (Å²) < 4.78 is 27.1. The molecule has 0 atom stereocenters. The maximum Gasteiger partial charge on any atom is 0.128 e. The van der Waals surface area contributed by atoms with Crippen LogP contribution in [0.25, 0.3) is 5.69 Å². The lowest BCUT2D eigenvalue weighted by Crippen LogP contribution is -2.07. The maximum atomic E-state index is 12.9. The van der Waals surface area contributed by atoms with Crippen molar-refractivity contribution in [1.29, 1.82) is 0 Å². The van der Waals surface area contributed by atoms with Crippen molar-refractivity contribution in [2.24, 2.45) is 5.73 Å². The number of nitrogens with two attached hydrogens (primary N) is 1. The summed E-state index contributed by atoms with van der Waals surface area (Å²) in [5.41, 5.74) is 6.27. The van der Waals surface area contributed by atoms with Crippen LogP contribution in [-0.2, 0) is 6.54 Å². The van der Waals surface area contributed by atoms with E-state index in [1.807, 2.05) is 0 Å². The highest BCUT2D eigenvalue weighted by atomic mass is 19.1. The summed E-state index contributed by atoms with van der Waals surface area (Å²) in [4.78, 5) is 0. The minimum Gasteiger partial charge on any atom is -0.325 e. The number of hydrogen-bond donors (Lipinski definition) is 1. The average Bonchev–Trinajstić information content (AvgIpc) is 2.63. The molecule has 0 saturated carbocycles. The number of halogens is 2. The van der Waals surface area contributed by atoms with E-state index in [9.17, 15) is 8.78 Å². The summed E-state index contributed by atoms with van der Waals surface area (Å²) in [6.07, 6.45) is 1.45. The third-order valence-corrected chi connectivity index (χ3v) is 1.92. The predicted octanol–water partition coefficient (Wildman–Crippen LogP) is 1.00. The maximum absolute atomic E-state index is 12.9. The van der Waals surface area contributed by atoms with Crippen LogP contribution in [0.4, 0.5) is 8.78 Å². The Morgan fingerprint density at radius 1 is 1.20 bits per heavy atom. The standard InChI is InChI=1S/C9H8F2N4/c10-6-1-7(11)3-8(2-6)15-9(4-12)5-13-14-15/h1-3,5H,4,12H2. The van der Waals surface area contributed by atoms with Crippen molar-refractivity contribution in [2.75, 3.05) is 0 Å². The van der Waals surface area contributed by atoms with Crippen LogP contribution in [0.15, 0.2) is 24.4 Å². The summed E-state index contributed by atoms with van der Waals surface area (Å²) >= 11 is 0. The van der Waals surface area contributed by atoms with Gasteiger partial charge in [-0.1, -0.05) is 5.21 Å². The number of aromatic nitrogens is 3. The van der Waals surface area contributed by atoms with E-state index >= 15 is 0 Å². The van der Waals surface area contributed by atoms with Crippen LogP contribution in [-0.4, -0.2) is 15.0 Å². The van der Waals surface area contributed by atoms with Crippen molar-refractivity contribution in [3.8, 4) is 5.69 Å². The van der Waals surface area contributed by atoms with Gasteiger partial charge < -0.3 is 5.73 Å². The molecule has 2 aromatic rings. The van der Waals surface area contributed by atoms with Gasteiger partial charge in [0.1, 0.15) is 11.6 Å². The molecule has 0 amide bonds. The topological polar surface area (TPSA) is 56.7 Å². The lowest BCUT2D eigenvalue weighted by atomic mass is 10.3. The average molecular weight is 210 g/mol. The Hall–Kier alpha value is -1.82. The van der Waals surface area contributed by atoms with Gasteiger partial charge in [-0.25, -0.2) is 13.5 Å². The van der Waals surface area contributed by atoms with Gasteiger partial charge in [0.15, 0.2) is 0 Å². The molecule has 15 heavy (non-hydrogen) atoms. The molecule has 4 nitrogen and oxygen atoms in total. The van der Waals surface area contributed by atoms with Crippen LogP contribution in [0.1, 0.15) is 5.69 Å². The smallest absolute Gasteiger partial charge is 0.128 e. The van der Waals surface area contributed by atoms with Crippen molar-refractivity contribution in [3.63, 3.8) is 0 Å². The zero-order valence-electron chi connectivity index (χ0n) is 7.69. The van der Waals surface area contributed by atoms with Gasteiger partial charge in [-0.15, -0.1) is 5.10 Å². The minimum absolute atomic E-state index is 0.200. The third kappa shape index (κ3) is 1.84. The first kappa shape index (κ1) is 9.72. The van der Waals surface area contributed by atoms with E-state index in [1.165, 1.54) is 10.9 Å². The minimum atomic E-state index is -0.663. The van der Waals surface area contributed by atoms with Crippen LogP contribution >= 0.6 is 0 Å². The monoisotopic (exact) mass is 210 g/mol. The molecule has 2 N–H and O–H groups in total. The molecule has 1 aromatic carbocycles. The molecule has 0 spiro atoms. The molecule has 1 heterocycles. The molecule has 1 aromatic heterocycles. The van der Waals surface area contributed by atoms with Gasteiger partial charge in [0.05, 0.1) is 17.6 Å². The van der Waals surface area contributed by atoms with Crippen LogP contribution in [0.5, 0.6) is 0 Å². The second-order valence-electron chi connectivity index (χ2n) is 2.97. The molecule has 0 radical (unpaired) electrons. The Morgan fingerprint density at radius 3 is 2.47 bits per heavy atom.